The van der Waals surface area contributed by atoms with Crippen LogP contribution in [-0.2, 0) is 14.8 Å². The van der Waals surface area contributed by atoms with Gasteiger partial charge in [-0.05, 0) is 18.6 Å². The summed E-state index contributed by atoms with van der Waals surface area (Å²) in [5.74, 6) is 0.914. The summed E-state index contributed by atoms with van der Waals surface area (Å²) < 4.78 is 31.2. The molecule has 1 aliphatic heterocycles. The zero-order chi connectivity index (χ0) is 15.5. The minimum Gasteiger partial charge on any atom is -0.384 e. The summed E-state index contributed by atoms with van der Waals surface area (Å²) >= 11 is 0. The summed E-state index contributed by atoms with van der Waals surface area (Å²) in [5, 5.41) is 0. The van der Waals surface area contributed by atoms with Crippen LogP contribution in [0.25, 0.3) is 0 Å². The fourth-order valence-corrected chi connectivity index (χ4v) is 3.85. The van der Waals surface area contributed by atoms with Crippen LogP contribution in [0.15, 0.2) is 24.4 Å². The van der Waals surface area contributed by atoms with Gasteiger partial charge in [0, 0.05) is 37.9 Å². The average Bonchev–Trinajstić information content (AvgIpc) is 2.41. The molecular weight excluding hydrogens is 290 g/mol. The van der Waals surface area contributed by atoms with E-state index in [-0.39, 0.29) is 11.5 Å². The molecule has 118 valence electrons. The molecule has 1 aromatic heterocycles. The van der Waals surface area contributed by atoms with Gasteiger partial charge >= 0.3 is 0 Å². The zero-order valence-corrected chi connectivity index (χ0v) is 13.6. The molecule has 21 heavy (non-hydrogen) atoms. The van der Waals surface area contributed by atoms with Crippen LogP contribution in [0.5, 0.6) is 0 Å². The van der Waals surface area contributed by atoms with E-state index < -0.39 is 10.0 Å². The Kier molecular flexibility index (Phi) is 4.85. The van der Waals surface area contributed by atoms with Gasteiger partial charge in [-0.2, -0.15) is 0 Å². The molecule has 0 radical (unpaired) electrons. The SMILES string of the molecule is COC[C@]1(C)CN(c2ccccn2)CCC1NS(C)(=O)=O. The molecule has 0 saturated carbocycles. The molecule has 6 nitrogen and oxygen atoms in total. The van der Waals surface area contributed by atoms with Crippen molar-refractivity contribution >= 4 is 15.8 Å². The number of hydrogen-bond acceptors (Lipinski definition) is 5. The maximum absolute atomic E-state index is 11.6. The van der Waals surface area contributed by atoms with Crippen molar-refractivity contribution in [3.8, 4) is 0 Å². The van der Waals surface area contributed by atoms with Crippen LogP contribution < -0.4 is 9.62 Å². The standard InChI is InChI=1S/C14H23N3O3S/c1-14(11-20-2)10-17(13-6-4-5-8-15-13)9-7-12(14)16-21(3,18)19/h4-6,8,12,16H,7,9-11H2,1-3H3/t12?,14-/m0/s1. The quantitative estimate of drug-likeness (QED) is 0.873. The van der Waals surface area contributed by atoms with Gasteiger partial charge in [-0.1, -0.05) is 13.0 Å². The maximum Gasteiger partial charge on any atom is 0.208 e. The second kappa shape index (κ2) is 6.29. The Bertz CT molecular complexity index is 564. The van der Waals surface area contributed by atoms with E-state index in [1.807, 2.05) is 18.2 Å². The lowest BCUT2D eigenvalue weighted by atomic mass is 9.78. The molecule has 1 saturated heterocycles. The van der Waals surface area contributed by atoms with Crippen molar-refractivity contribution in [3.05, 3.63) is 24.4 Å². The third-order valence-corrected chi connectivity index (χ3v) is 4.60. The molecule has 1 N–H and O–H groups in total. The summed E-state index contributed by atoms with van der Waals surface area (Å²) in [4.78, 5) is 6.55. The summed E-state index contributed by atoms with van der Waals surface area (Å²) in [6.45, 7) is 4.01. The Morgan fingerprint density at radius 1 is 1.52 bits per heavy atom. The molecule has 1 unspecified atom stereocenters. The molecule has 0 amide bonds. The number of pyridine rings is 1. The van der Waals surface area contributed by atoms with E-state index in [1.54, 1.807) is 13.3 Å². The zero-order valence-electron chi connectivity index (χ0n) is 12.7. The van der Waals surface area contributed by atoms with Crippen LogP contribution in [0.1, 0.15) is 13.3 Å². The molecule has 1 fully saturated rings. The van der Waals surface area contributed by atoms with Crippen molar-refractivity contribution in [1.29, 1.82) is 0 Å². The molecule has 2 rings (SSSR count). The molecule has 1 aliphatic rings. The third-order valence-electron chi connectivity index (χ3n) is 3.88. The number of nitrogens with zero attached hydrogens (tertiary/aromatic N) is 2. The highest BCUT2D eigenvalue weighted by molar-refractivity contribution is 7.88. The number of ether oxygens (including phenoxy) is 1. The van der Waals surface area contributed by atoms with Crippen LogP contribution >= 0.6 is 0 Å². The highest BCUT2D eigenvalue weighted by atomic mass is 32.2. The third kappa shape index (κ3) is 4.15. The number of hydrogen-bond donors (Lipinski definition) is 1. The largest absolute Gasteiger partial charge is 0.384 e. The molecule has 0 bridgehead atoms. The predicted molar refractivity (Wildman–Crippen MR) is 82.8 cm³/mol. The Hall–Kier alpha value is -1.18. The van der Waals surface area contributed by atoms with Crippen molar-refractivity contribution in [3.63, 3.8) is 0 Å². The van der Waals surface area contributed by atoms with Crippen LogP contribution in [-0.4, -0.2) is 52.5 Å². The molecule has 0 spiro atoms. The summed E-state index contributed by atoms with van der Waals surface area (Å²) in [5.41, 5.74) is -0.298. The average molecular weight is 313 g/mol. The maximum atomic E-state index is 11.6. The van der Waals surface area contributed by atoms with Crippen molar-refractivity contribution in [2.24, 2.45) is 5.41 Å². The van der Waals surface area contributed by atoms with Gasteiger partial charge in [-0.15, -0.1) is 0 Å². The molecule has 1 aromatic rings. The van der Waals surface area contributed by atoms with E-state index in [2.05, 4.69) is 21.5 Å². The minimum atomic E-state index is -3.23. The second-order valence-electron chi connectivity index (χ2n) is 5.93. The summed E-state index contributed by atoms with van der Waals surface area (Å²) in [6, 6.07) is 5.68. The summed E-state index contributed by atoms with van der Waals surface area (Å²) in [6.07, 6.45) is 3.69. The first-order valence-electron chi connectivity index (χ1n) is 6.96. The van der Waals surface area contributed by atoms with Gasteiger partial charge in [0.15, 0.2) is 0 Å². The van der Waals surface area contributed by atoms with E-state index in [4.69, 9.17) is 4.74 Å². The summed E-state index contributed by atoms with van der Waals surface area (Å²) in [7, 11) is -1.59. The lowest BCUT2D eigenvalue weighted by Gasteiger charge is -2.46. The Labute approximate surface area is 126 Å². The van der Waals surface area contributed by atoms with E-state index in [9.17, 15) is 8.42 Å². The first-order valence-corrected chi connectivity index (χ1v) is 8.85. The fourth-order valence-electron chi connectivity index (χ4n) is 2.93. The number of nitrogens with one attached hydrogen (secondary N) is 1. The Morgan fingerprint density at radius 3 is 2.86 bits per heavy atom. The van der Waals surface area contributed by atoms with E-state index in [0.717, 1.165) is 18.8 Å². The highest BCUT2D eigenvalue weighted by Gasteiger charge is 2.41. The first kappa shape index (κ1) is 16.2. The molecule has 2 atom stereocenters. The van der Waals surface area contributed by atoms with Crippen molar-refractivity contribution in [2.45, 2.75) is 19.4 Å². The van der Waals surface area contributed by atoms with Crippen LogP contribution in [0, 0.1) is 5.41 Å². The van der Waals surface area contributed by atoms with Crippen molar-refractivity contribution in [1.82, 2.24) is 9.71 Å². The van der Waals surface area contributed by atoms with Crippen LogP contribution in [0.2, 0.25) is 0 Å². The number of anilines is 1. The topological polar surface area (TPSA) is 71.5 Å². The van der Waals surface area contributed by atoms with Crippen LogP contribution in [0.3, 0.4) is 0 Å². The van der Waals surface area contributed by atoms with E-state index >= 15 is 0 Å². The number of rotatable bonds is 5. The second-order valence-corrected chi connectivity index (χ2v) is 7.71. The molecule has 7 heteroatoms. The van der Waals surface area contributed by atoms with Gasteiger partial charge in [0.25, 0.3) is 0 Å². The van der Waals surface area contributed by atoms with Gasteiger partial charge in [-0.25, -0.2) is 18.1 Å². The molecule has 0 aliphatic carbocycles. The van der Waals surface area contributed by atoms with E-state index in [1.165, 1.54) is 6.26 Å². The van der Waals surface area contributed by atoms with Crippen molar-refractivity contribution < 1.29 is 13.2 Å². The fraction of sp³-hybridized carbons (Fsp3) is 0.643. The predicted octanol–water partition coefficient (Wildman–Crippen LogP) is 0.862. The Balaban J connectivity index is 2.19. The van der Waals surface area contributed by atoms with E-state index in [0.29, 0.717) is 13.2 Å². The number of aromatic nitrogens is 1. The number of piperidine rings is 1. The van der Waals surface area contributed by atoms with Gasteiger partial charge in [0.2, 0.25) is 10.0 Å². The van der Waals surface area contributed by atoms with Crippen LogP contribution in [0.4, 0.5) is 5.82 Å². The number of sulfonamides is 1. The van der Waals surface area contributed by atoms with Gasteiger partial charge < -0.3 is 9.64 Å². The van der Waals surface area contributed by atoms with Gasteiger partial charge in [-0.3, -0.25) is 0 Å². The molecule has 0 aromatic carbocycles. The molecular formula is C14H23N3O3S. The lowest BCUT2D eigenvalue weighted by molar-refractivity contribution is 0.0599. The Morgan fingerprint density at radius 2 is 2.29 bits per heavy atom. The monoisotopic (exact) mass is 313 g/mol. The van der Waals surface area contributed by atoms with Gasteiger partial charge in [0.1, 0.15) is 5.82 Å². The molecule has 2 heterocycles. The first-order chi connectivity index (χ1) is 9.84. The van der Waals surface area contributed by atoms with Crippen molar-refractivity contribution in [2.75, 3.05) is 38.0 Å². The lowest BCUT2D eigenvalue weighted by Crippen LogP contribution is -2.58. The normalized spacial score (nSPS) is 26.8. The smallest absolute Gasteiger partial charge is 0.208 e. The number of methoxy groups -OCH3 is 1. The highest BCUT2D eigenvalue weighted by Crippen LogP contribution is 2.32. The minimum absolute atomic E-state index is 0.132. The van der Waals surface area contributed by atoms with Gasteiger partial charge in [0.05, 0.1) is 12.9 Å².